The fraction of sp³-hybridized carbons (Fsp3) is 0.647. The standard InChI is InChI=1S/C34H48BN5O6/c1-22(2)16-29(35-44-28-18-24-17-27(32(24,3)4)33(28,5)45-35)38-31(42)34(19-23-10-8-7-9-11-23)20-25(39-46-34)21-36-30(41)26-12-13-37-40(26)14-15-43-6/h7-13,22,24,27-29H,14-21H2,1-6H3,(H,36,41)(H,38,42)/t24-,27-,28+,29-,33-,34?/m0/s1. The summed E-state index contributed by atoms with van der Waals surface area (Å²) >= 11 is 0. The summed E-state index contributed by atoms with van der Waals surface area (Å²) in [5.74, 6) is 0.455. The van der Waals surface area contributed by atoms with Crippen molar-refractivity contribution in [1.82, 2.24) is 20.4 Å². The minimum absolute atomic E-state index is 0.0196. The second-order valence-corrected chi connectivity index (χ2v) is 14.7. The van der Waals surface area contributed by atoms with E-state index in [1.165, 1.54) is 0 Å². The van der Waals surface area contributed by atoms with Gasteiger partial charge in [0, 0.05) is 26.1 Å². The molecule has 0 radical (unpaired) electrons. The normalized spacial score (nSPS) is 29.8. The molecule has 2 N–H and O–H groups in total. The van der Waals surface area contributed by atoms with Gasteiger partial charge >= 0.3 is 7.12 Å². The lowest BCUT2D eigenvalue weighted by atomic mass is 9.43. The molecule has 2 bridgehead atoms. The average Bonchev–Trinajstić information content (AvgIpc) is 3.75. The molecule has 11 nitrogen and oxygen atoms in total. The van der Waals surface area contributed by atoms with E-state index in [0.29, 0.717) is 55.2 Å². The molecule has 1 aromatic carbocycles. The highest BCUT2D eigenvalue weighted by atomic mass is 16.7. The Hall–Kier alpha value is -3.22. The lowest BCUT2D eigenvalue weighted by molar-refractivity contribution is -0.199. The number of aromatic nitrogens is 2. The van der Waals surface area contributed by atoms with Crippen molar-refractivity contribution in [1.29, 1.82) is 0 Å². The van der Waals surface area contributed by atoms with E-state index in [-0.39, 0.29) is 47.8 Å². The zero-order valence-electron chi connectivity index (χ0n) is 28.0. The van der Waals surface area contributed by atoms with Gasteiger partial charge in [-0.1, -0.05) is 63.2 Å². The summed E-state index contributed by atoms with van der Waals surface area (Å²) in [6.45, 7) is 12.2. The molecule has 2 aromatic rings. The second-order valence-electron chi connectivity index (χ2n) is 14.7. The SMILES string of the molecule is COCCn1nccc1C(=O)NCC1=NOC(Cc2ccccc2)(C(=O)N[C@@H](CC(C)C)B2O[C@@H]3C[C@@H]4C[C@@H](C4(C)C)[C@]3(C)O2)C1. The van der Waals surface area contributed by atoms with Crippen LogP contribution in [-0.4, -0.2) is 77.9 Å². The topological polar surface area (TPSA) is 125 Å². The lowest BCUT2D eigenvalue weighted by Crippen LogP contribution is -2.65. The molecular weight excluding hydrogens is 585 g/mol. The third-order valence-electron chi connectivity index (χ3n) is 10.8. The molecule has 3 heterocycles. The molecule has 2 amide bonds. The summed E-state index contributed by atoms with van der Waals surface area (Å²) in [7, 11) is 1.06. The van der Waals surface area contributed by atoms with Crippen molar-refractivity contribution in [3.05, 3.63) is 53.9 Å². The Kier molecular flexibility index (Phi) is 9.08. The molecule has 4 fully saturated rings. The fourth-order valence-electron chi connectivity index (χ4n) is 8.13. The molecule has 1 aromatic heterocycles. The minimum atomic E-state index is -1.28. The molecule has 5 aliphatic rings. The summed E-state index contributed by atoms with van der Waals surface area (Å²) in [5.41, 5.74) is 0.529. The van der Waals surface area contributed by atoms with Crippen molar-refractivity contribution in [2.75, 3.05) is 20.3 Å². The maximum Gasteiger partial charge on any atom is 0.481 e. The van der Waals surface area contributed by atoms with Crippen LogP contribution < -0.4 is 10.6 Å². The van der Waals surface area contributed by atoms with Crippen LogP contribution in [0.15, 0.2) is 47.8 Å². The third kappa shape index (κ3) is 6.11. The number of carbonyl (C=O) groups excluding carboxylic acids is 2. The Labute approximate surface area is 272 Å². The van der Waals surface area contributed by atoms with Crippen LogP contribution in [0.1, 0.15) is 76.4 Å². The highest BCUT2D eigenvalue weighted by molar-refractivity contribution is 6.48. The molecule has 1 saturated heterocycles. The molecule has 6 atom stereocenters. The number of amides is 2. The van der Waals surface area contributed by atoms with Crippen LogP contribution in [0.5, 0.6) is 0 Å². The maximum absolute atomic E-state index is 14.4. The molecule has 1 unspecified atom stereocenters. The first-order chi connectivity index (χ1) is 21.9. The third-order valence-corrected chi connectivity index (χ3v) is 10.8. The van der Waals surface area contributed by atoms with E-state index >= 15 is 0 Å². The van der Waals surface area contributed by atoms with Gasteiger partial charge in [0.2, 0.25) is 5.60 Å². The van der Waals surface area contributed by atoms with Crippen LogP contribution in [0.4, 0.5) is 0 Å². The van der Waals surface area contributed by atoms with Gasteiger partial charge in [0.15, 0.2) is 0 Å². The zero-order valence-corrected chi connectivity index (χ0v) is 28.0. The van der Waals surface area contributed by atoms with Crippen molar-refractivity contribution < 1.29 is 28.5 Å². The predicted octanol–water partition coefficient (Wildman–Crippen LogP) is 3.82. The van der Waals surface area contributed by atoms with Crippen LogP contribution in [0.3, 0.4) is 0 Å². The summed E-state index contributed by atoms with van der Waals surface area (Å²) in [6, 6.07) is 11.5. The number of oxime groups is 1. The van der Waals surface area contributed by atoms with Crippen LogP contribution in [0, 0.1) is 23.2 Å². The van der Waals surface area contributed by atoms with Gasteiger partial charge in [0.25, 0.3) is 11.8 Å². The van der Waals surface area contributed by atoms with Crippen molar-refractivity contribution in [3.8, 4) is 0 Å². The number of ether oxygens (including phenoxy) is 1. The van der Waals surface area contributed by atoms with Gasteiger partial charge in [-0.05, 0) is 61.0 Å². The minimum Gasteiger partial charge on any atom is -0.404 e. The van der Waals surface area contributed by atoms with Crippen LogP contribution in [0.25, 0.3) is 0 Å². The van der Waals surface area contributed by atoms with E-state index in [0.717, 1.165) is 18.4 Å². The monoisotopic (exact) mass is 633 g/mol. The Morgan fingerprint density at radius 3 is 2.65 bits per heavy atom. The maximum atomic E-state index is 14.4. The summed E-state index contributed by atoms with van der Waals surface area (Å²) in [6.07, 6.45) is 5.00. The quantitative estimate of drug-likeness (QED) is 0.322. The second kappa shape index (κ2) is 12.8. The van der Waals surface area contributed by atoms with E-state index in [4.69, 9.17) is 18.9 Å². The summed E-state index contributed by atoms with van der Waals surface area (Å²) in [4.78, 5) is 33.4. The summed E-state index contributed by atoms with van der Waals surface area (Å²) < 4.78 is 20.2. The van der Waals surface area contributed by atoms with Gasteiger partial charge in [0.05, 0.1) is 43.1 Å². The highest BCUT2D eigenvalue weighted by Gasteiger charge is 2.68. The number of carbonyl (C=O) groups is 2. The molecule has 0 spiro atoms. The molecule has 46 heavy (non-hydrogen) atoms. The first kappa shape index (κ1) is 32.7. The van der Waals surface area contributed by atoms with E-state index in [1.54, 1.807) is 24.1 Å². The molecule has 248 valence electrons. The van der Waals surface area contributed by atoms with E-state index in [1.807, 2.05) is 30.3 Å². The Balaban J connectivity index is 1.16. The Bertz CT molecular complexity index is 1450. The average molecular weight is 634 g/mol. The number of benzene rings is 1. The van der Waals surface area contributed by atoms with Crippen molar-refractivity contribution in [2.24, 2.45) is 28.3 Å². The number of hydrogen-bond donors (Lipinski definition) is 2. The number of methoxy groups -OCH3 is 1. The van der Waals surface area contributed by atoms with Gasteiger partial charge in [-0.2, -0.15) is 5.10 Å². The van der Waals surface area contributed by atoms with Gasteiger partial charge in [-0.3, -0.25) is 14.3 Å². The zero-order chi connectivity index (χ0) is 32.7. The van der Waals surface area contributed by atoms with Crippen LogP contribution in [-0.2, 0) is 36.6 Å². The van der Waals surface area contributed by atoms with Crippen LogP contribution in [0.2, 0.25) is 0 Å². The van der Waals surface area contributed by atoms with E-state index in [2.05, 4.69) is 55.5 Å². The predicted molar refractivity (Wildman–Crippen MR) is 174 cm³/mol. The van der Waals surface area contributed by atoms with Gasteiger partial charge < -0.3 is 29.5 Å². The number of rotatable bonds is 13. The fourth-order valence-corrected chi connectivity index (χ4v) is 8.13. The Morgan fingerprint density at radius 1 is 1.15 bits per heavy atom. The number of nitrogens with one attached hydrogen (secondary N) is 2. The molecule has 2 aliphatic heterocycles. The summed E-state index contributed by atoms with van der Waals surface area (Å²) in [5, 5.41) is 14.8. The molecule has 3 saturated carbocycles. The largest absolute Gasteiger partial charge is 0.481 e. The first-order valence-electron chi connectivity index (χ1n) is 16.7. The van der Waals surface area contributed by atoms with Crippen molar-refractivity contribution in [3.63, 3.8) is 0 Å². The Morgan fingerprint density at radius 2 is 1.93 bits per heavy atom. The lowest BCUT2D eigenvalue weighted by Gasteiger charge is -2.64. The van der Waals surface area contributed by atoms with Crippen molar-refractivity contribution >= 4 is 24.6 Å². The van der Waals surface area contributed by atoms with E-state index in [9.17, 15) is 9.59 Å². The first-order valence-corrected chi connectivity index (χ1v) is 16.7. The van der Waals surface area contributed by atoms with Gasteiger partial charge in [0.1, 0.15) is 5.69 Å². The van der Waals surface area contributed by atoms with Crippen molar-refractivity contribution in [2.45, 2.75) is 96.5 Å². The smallest absolute Gasteiger partial charge is 0.404 e. The van der Waals surface area contributed by atoms with Gasteiger partial charge in [-0.15, -0.1) is 0 Å². The molecule has 12 heteroatoms. The van der Waals surface area contributed by atoms with Crippen LogP contribution >= 0.6 is 0 Å². The molecule has 3 aliphatic carbocycles. The van der Waals surface area contributed by atoms with E-state index < -0.39 is 12.7 Å². The number of nitrogens with zero attached hydrogens (tertiary/aromatic N) is 3. The highest BCUT2D eigenvalue weighted by Crippen LogP contribution is 2.65. The van der Waals surface area contributed by atoms with Gasteiger partial charge in [-0.25, -0.2) is 0 Å². The molecular formula is C34H48BN5O6. The number of hydrogen-bond acceptors (Lipinski definition) is 8. The molecule has 7 rings (SSSR count).